The van der Waals surface area contributed by atoms with Crippen LogP contribution in [0.1, 0.15) is 10.4 Å². The van der Waals surface area contributed by atoms with E-state index in [1.54, 1.807) is 48.5 Å². The minimum absolute atomic E-state index is 0.0510. The van der Waals surface area contributed by atoms with Gasteiger partial charge in [0.1, 0.15) is 12.4 Å². The molecule has 0 aliphatic heterocycles. The average molecular weight is 304 g/mol. The summed E-state index contributed by atoms with van der Waals surface area (Å²) in [5.74, 6) is 0.399. The zero-order valence-electron chi connectivity index (χ0n) is 11.1. The van der Waals surface area contributed by atoms with E-state index in [4.69, 9.17) is 22.1 Å². The van der Waals surface area contributed by atoms with Gasteiger partial charge in [-0.3, -0.25) is 4.79 Å². The molecule has 0 bridgehead atoms. The Kier molecular flexibility index (Phi) is 5.17. The maximum atomic E-state index is 11.7. The second kappa shape index (κ2) is 7.31. The first-order chi connectivity index (χ1) is 10.1. The van der Waals surface area contributed by atoms with Crippen LogP contribution in [0.4, 0.5) is 0 Å². The Morgan fingerprint density at radius 2 is 1.95 bits per heavy atom. The molecule has 108 valence electrons. The van der Waals surface area contributed by atoms with Gasteiger partial charge in [-0.25, -0.2) is 5.43 Å². The number of halogens is 1. The minimum Gasteiger partial charge on any atom is -0.486 e. The number of carbonyl (C=O) groups excluding carboxylic acids is 1. The van der Waals surface area contributed by atoms with Crippen LogP contribution < -0.4 is 15.9 Å². The molecule has 0 heterocycles. The molecule has 2 rings (SSSR count). The van der Waals surface area contributed by atoms with Crippen molar-refractivity contribution in [3.05, 3.63) is 65.2 Å². The number of amidine groups is 1. The fraction of sp³-hybridized carbons (Fsp3) is 0.0667. The van der Waals surface area contributed by atoms with Crippen molar-refractivity contribution in [3.8, 4) is 5.75 Å². The van der Waals surface area contributed by atoms with Crippen molar-refractivity contribution in [2.75, 3.05) is 6.61 Å². The molecule has 21 heavy (non-hydrogen) atoms. The van der Waals surface area contributed by atoms with Crippen LogP contribution in [-0.4, -0.2) is 18.3 Å². The molecule has 5 nitrogen and oxygen atoms in total. The van der Waals surface area contributed by atoms with Crippen molar-refractivity contribution >= 4 is 23.3 Å². The summed E-state index contributed by atoms with van der Waals surface area (Å²) >= 11 is 5.83. The molecule has 0 spiro atoms. The lowest BCUT2D eigenvalue weighted by molar-refractivity contribution is 0.0954. The molecule has 0 unspecified atom stereocenters. The zero-order chi connectivity index (χ0) is 15.1. The van der Waals surface area contributed by atoms with E-state index in [-0.39, 0.29) is 18.3 Å². The van der Waals surface area contributed by atoms with Crippen molar-refractivity contribution in [2.45, 2.75) is 0 Å². The maximum absolute atomic E-state index is 11.7. The molecule has 1 amide bonds. The number of nitrogens with zero attached hydrogens (tertiary/aromatic N) is 1. The van der Waals surface area contributed by atoms with Gasteiger partial charge in [0.15, 0.2) is 5.84 Å². The van der Waals surface area contributed by atoms with Gasteiger partial charge in [-0.15, -0.1) is 0 Å². The first kappa shape index (κ1) is 14.9. The van der Waals surface area contributed by atoms with Gasteiger partial charge in [0.2, 0.25) is 0 Å². The van der Waals surface area contributed by atoms with Gasteiger partial charge in [0, 0.05) is 10.6 Å². The summed E-state index contributed by atoms with van der Waals surface area (Å²) in [6, 6.07) is 15.7. The van der Waals surface area contributed by atoms with E-state index < -0.39 is 0 Å². The number of hydrogen-bond donors (Lipinski definition) is 2. The number of amides is 1. The third-order valence-corrected chi connectivity index (χ3v) is 2.75. The van der Waals surface area contributed by atoms with Crippen LogP contribution in [0.25, 0.3) is 0 Å². The van der Waals surface area contributed by atoms with Gasteiger partial charge in [0.25, 0.3) is 5.91 Å². The highest BCUT2D eigenvalue weighted by atomic mass is 35.5. The number of carbonyl (C=O) groups is 1. The second-order valence-electron chi connectivity index (χ2n) is 4.16. The summed E-state index contributed by atoms with van der Waals surface area (Å²) in [6.07, 6.45) is 0. The number of ether oxygens (including phenoxy) is 1. The van der Waals surface area contributed by atoms with Crippen LogP contribution in [0.15, 0.2) is 59.7 Å². The molecule has 2 aromatic carbocycles. The molecular weight excluding hydrogens is 290 g/mol. The van der Waals surface area contributed by atoms with E-state index in [9.17, 15) is 4.79 Å². The van der Waals surface area contributed by atoms with Crippen molar-refractivity contribution in [3.63, 3.8) is 0 Å². The fourth-order valence-electron chi connectivity index (χ4n) is 1.52. The second-order valence-corrected chi connectivity index (χ2v) is 4.59. The van der Waals surface area contributed by atoms with Crippen LogP contribution in [0, 0.1) is 0 Å². The van der Waals surface area contributed by atoms with Crippen molar-refractivity contribution in [2.24, 2.45) is 10.8 Å². The molecule has 0 atom stereocenters. The predicted molar refractivity (Wildman–Crippen MR) is 82.5 cm³/mol. The van der Waals surface area contributed by atoms with E-state index in [1.165, 1.54) is 0 Å². The Balaban J connectivity index is 1.86. The minimum atomic E-state index is -0.332. The zero-order valence-corrected chi connectivity index (χ0v) is 11.9. The van der Waals surface area contributed by atoms with Gasteiger partial charge in [0.05, 0.1) is 0 Å². The molecule has 3 N–H and O–H groups in total. The van der Waals surface area contributed by atoms with Gasteiger partial charge in [-0.05, 0) is 30.3 Å². The van der Waals surface area contributed by atoms with Crippen molar-refractivity contribution in [1.29, 1.82) is 0 Å². The lowest BCUT2D eigenvalue weighted by atomic mass is 10.2. The number of hydrazone groups is 1. The number of benzene rings is 2. The Hall–Kier alpha value is -2.53. The maximum Gasteiger partial charge on any atom is 0.271 e. The highest BCUT2D eigenvalue weighted by molar-refractivity contribution is 6.30. The molecule has 0 aliphatic rings. The topological polar surface area (TPSA) is 76.7 Å². The van der Waals surface area contributed by atoms with E-state index >= 15 is 0 Å². The standard InChI is InChI=1S/C15H14ClN3O2/c16-12-7-4-8-13(9-12)21-10-14(17)18-19-15(20)11-5-2-1-3-6-11/h1-9H,10H2,(H2,17,18)(H,19,20). The van der Waals surface area contributed by atoms with E-state index in [0.717, 1.165) is 0 Å². The highest BCUT2D eigenvalue weighted by Crippen LogP contribution is 2.16. The number of nitrogens with one attached hydrogen (secondary N) is 1. The average Bonchev–Trinajstić information content (AvgIpc) is 2.51. The third-order valence-electron chi connectivity index (χ3n) is 2.52. The number of rotatable bonds is 5. The Labute approximate surface area is 127 Å². The normalized spacial score (nSPS) is 11.0. The molecule has 6 heteroatoms. The monoisotopic (exact) mass is 303 g/mol. The third kappa shape index (κ3) is 4.81. The van der Waals surface area contributed by atoms with E-state index in [1.807, 2.05) is 6.07 Å². The van der Waals surface area contributed by atoms with Crippen molar-refractivity contribution < 1.29 is 9.53 Å². The Bertz CT molecular complexity index is 644. The smallest absolute Gasteiger partial charge is 0.271 e. The summed E-state index contributed by atoms with van der Waals surface area (Å²) in [6.45, 7) is 0.0510. The van der Waals surface area contributed by atoms with Crippen LogP contribution in [0.3, 0.4) is 0 Å². The SMILES string of the molecule is N/C(COc1cccc(Cl)c1)=N\NC(=O)c1ccccc1. The van der Waals surface area contributed by atoms with E-state index in [2.05, 4.69) is 10.5 Å². The highest BCUT2D eigenvalue weighted by Gasteiger charge is 2.03. The molecule has 0 radical (unpaired) electrons. The summed E-state index contributed by atoms with van der Waals surface area (Å²) in [5.41, 5.74) is 8.53. The summed E-state index contributed by atoms with van der Waals surface area (Å²) in [7, 11) is 0. The molecule has 0 aromatic heterocycles. The predicted octanol–water partition coefficient (Wildman–Crippen LogP) is 2.42. The van der Waals surface area contributed by atoms with E-state index in [0.29, 0.717) is 16.3 Å². The first-order valence-corrected chi connectivity index (χ1v) is 6.59. The fourth-order valence-corrected chi connectivity index (χ4v) is 1.70. The summed E-state index contributed by atoms with van der Waals surface area (Å²) < 4.78 is 5.40. The van der Waals surface area contributed by atoms with Gasteiger partial charge in [-0.1, -0.05) is 35.9 Å². The van der Waals surface area contributed by atoms with Crippen LogP contribution in [0.5, 0.6) is 5.75 Å². The molecule has 0 saturated heterocycles. The van der Waals surface area contributed by atoms with Crippen LogP contribution in [0.2, 0.25) is 5.02 Å². The largest absolute Gasteiger partial charge is 0.486 e. The van der Waals surface area contributed by atoms with Crippen LogP contribution >= 0.6 is 11.6 Å². The summed E-state index contributed by atoms with van der Waals surface area (Å²) in [4.78, 5) is 11.7. The van der Waals surface area contributed by atoms with Gasteiger partial charge < -0.3 is 10.5 Å². The quantitative estimate of drug-likeness (QED) is 0.506. The molecule has 0 saturated carbocycles. The lowest BCUT2D eigenvalue weighted by Gasteiger charge is -2.06. The molecular formula is C15H14ClN3O2. The van der Waals surface area contributed by atoms with Gasteiger partial charge >= 0.3 is 0 Å². The number of nitrogens with two attached hydrogens (primary N) is 1. The molecule has 0 fully saturated rings. The van der Waals surface area contributed by atoms with Gasteiger partial charge in [-0.2, -0.15) is 5.10 Å². The molecule has 0 aliphatic carbocycles. The lowest BCUT2D eigenvalue weighted by Crippen LogP contribution is -2.27. The Morgan fingerprint density at radius 1 is 1.19 bits per heavy atom. The first-order valence-electron chi connectivity index (χ1n) is 6.21. The summed E-state index contributed by atoms with van der Waals surface area (Å²) in [5, 5.41) is 4.34. The van der Waals surface area contributed by atoms with Crippen molar-refractivity contribution in [1.82, 2.24) is 5.43 Å². The van der Waals surface area contributed by atoms with Crippen LogP contribution in [-0.2, 0) is 0 Å². The Morgan fingerprint density at radius 3 is 2.67 bits per heavy atom. The number of hydrogen-bond acceptors (Lipinski definition) is 3. The molecule has 2 aromatic rings.